The lowest BCUT2D eigenvalue weighted by atomic mass is 10.3. The van der Waals surface area contributed by atoms with Gasteiger partial charge in [0.15, 0.2) is 5.96 Å². The van der Waals surface area contributed by atoms with Crippen LogP contribution in [0.25, 0.3) is 0 Å². The van der Waals surface area contributed by atoms with Gasteiger partial charge in [0.05, 0.1) is 12.0 Å². The molecule has 4 N–H and O–H groups in total. The van der Waals surface area contributed by atoms with Crippen LogP contribution in [-0.2, 0) is 12.2 Å². The van der Waals surface area contributed by atoms with Crippen LogP contribution >= 0.6 is 11.8 Å². The molecule has 0 atom stereocenters. The van der Waals surface area contributed by atoms with E-state index in [9.17, 15) is 0 Å². The molecule has 16 heavy (non-hydrogen) atoms. The van der Waals surface area contributed by atoms with E-state index in [1.807, 2.05) is 11.8 Å². The molecule has 0 unspecified atom stereocenters. The van der Waals surface area contributed by atoms with Gasteiger partial charge in [0.2, 0.25) is 0 Å². The highest BCUT2D eigenvalue weighted by Gasteiger charge is 2.02. The monoisotopic (exact) mass is 241 g/mol. The van der Waals surface area contributed by atoms with E-state index in [0.717, 1.165) is 30.2 Å². The first-order chi connectivity index (χ1) is 7.77. The van der Waals surface area contributed by atoms with Crippen LogP contribution in [0, 0.1) is 0 Å². The fraction of sp³-hybridized carbons (Fsp3) is 0.600. The zero-order valence-corrected chi connectivity index (χ0v) is 10.6. The van der Waals surface area contributed by atoms with Gasteiger partial charge in [0.25, 0.3) is 0 Å². The summed E-state index contributed by atoms with van der Waals surface area (Å²) in [6.07, 6.45) is 2.74. The molecule has 1 rings (SSSR count). The molecule has 0 bridgehead atoms. The Morgan fingerprint density at radius 1 is 1.69 bits per heavy atom. The zero-order valence-electron chi connectivity index (χ0n) is 9.79. The summed E-state index contributed by atoms with van der Waals surface area (Å²) < 4.78 is 0. The Hall–Kier alpha value is -1.17. The number of aromatic amines is 1. The number of imidazole rings is 1. The van der Waals surface area contributed by atoms with E-state index in [1.165, 1.54) is 5.69 Å². The van der Waals surface area contributed by atoms with E-state index in [-0.39, 0.29) is 0 Å². The van der Waals surface area contributed by atoms with E-state index in [1.54, 1.807) is 13.4 Å². The van der Waals surface area contributed by atoms with Gasteiger partial charge in [-0.05, 0) is 6.42 Å². The summed E-state index contributed by atoms with van der Waals surface area (Å²) in [5.41, 5.74) is 7.90. The van der Waals surface area contributed by atoms with Crippen LogP contribution in [-0.4, -0.2) is 35.3 Å². The average molecular weight is 241 g/mol. The van der Waals surface area contributed by atoms with Gasteiger partial charge in [-0.2, -0.15) is 11.8 Å². The van der Waals surface area contributed by atoms with Gasteiger partial charge in [-0.15, -0.1) is 0 Å². The van der Waals surface area contributed by atoms with Crippen LogP contribution in [0.3, 0.4) is 0 Å². The largest absolute Gasteiger partial charge is 0.370 e. The van der Waals surface area contributed by atoms with E-state index in [4.69, 9.17) is 5.73 Å². The van der Waals surface area contributed by atoms with Crippen molar-refractivity contribution in [1.82, 2.24) is 15.3 Å². The summed E-state index contributed by atoms with van der Waals surface area (Å²) in [5, 5.41) is 3.02. The van der Waals surface area contributed by atoms with Crippen molar-refractivity contribution in [2.24, 2.45) is 10.7 Å². The Morgan fingerprint density at radius 2 is 2.50 bits per heavy atom. The summed E-state index contributed by atoms with van der Waals surface area (Å²) in [4.78, 5) is 11.2. The van der Waals surface area contributed by atoms with Crippen LogP contribution in [0.4, 0.5) is 0 Å². The molecule has 1 aromatic heterocycles. The number of nitrogens with one attached hydrogen (secondary N) is 2. The molecule has 0 saturated heterocycles. The summed E-state index contributed by atoms with van der Waals surface area (Å²) >= 11 is 1.85. The maximum absolute atomic E-state index is 5.51. The molecular formula is C10H19N5S. The number of nitrogens with zero attached hydrogens (tertiary/aromatic N) is 2. The van der Waals surface area contributed by atoms with Gasteiger partial charge in [0, 0.05) is 30.8 Å². The number of aryl methyl sites for hydroxylation is 1. The Labute approximate surface area is 100 Å². The molecule has 0 aliphatic rings. The van der Waals surface area contributed by atoms with Crippen molar-refractivity contribution >= 4 is 17.7 Å². The maximum Gasteiger partial charge on any atom is 0.188 e. The fourth-order valence-corrected chi connectivity index (χ4v) is 2.13. The fourth-order valence-electron chi connectivity index (χ4n) is 1.28. The van der Waals surface area contributed by atoms with Crippen LogP contribution in [0.1, 0.15) is 18.3 Å². The third-order valence-electron chi connectivity index (χ3n) is 2.18. The molecule has 0 aliphatic carbocycles. The van der Waals surface area contributed by atoms with E-state index >= 15 is 0 Å². The van der Waals surface area contributed by atoms with Crippen molar-refractivity contribution in [2.75, 3.05) is 19.3 Å². The average Bonchev–Trinajstić information content (AvgIpc) is 2.75. The van der Waals surface area contributed by atoms with E-state index < -0.39 is 0 Å². The van der Waals surface area contributed by atoms with E-state index in [0.29, 0.717) is 5.96 Å². The molecule has 0 radical (unpaired) electrons. The molecule has 1 aromatic rings. The number of aromatic nitrogens is 2. The van der Waals surface area contributed by atoms with Crippen molar-refractivity contribution < 1.29 is 0 Å². The van der Waals surface area contributed by atoms with Crippen molar-refractivity contribution in [3.63, 3.8) is 0 Å². The standard InChI is InChI=1S/C10H19N5S/c1-3-8-9(15-7-14-8)6-16-5-4-13-10(11)12-2/h7H,3-6H2,1-2H3,(H,14,15)(H3,11,12,13). The minimum atomic E-state index is 0.497. The topological polar surface area (TPSA) is 79.1 Å². The van der Waals surface area contributed by atoms with Crippen molar-refractivity contribution in [2.45, 2.75) is 19.1 Å². The zero-order chi connectivity index (χ0) is 11.8. The normalized spacial score (nSPS) is 11.8. The molecule has 6 heteroatoms. The number of hydrogen-bond donors (Lipinski definition) is 3. The lowest BCUT2D eigenvalue weighted by Crippen LogP contribution is -2.32. The smallest absolute Gasteiger partial charge is 0.188 e. The molecule has 0 aromatic carbocycles. The molecule has 90 valence electrons. The number of aliphatic imine (C=N–C) groups is 1. The number of guanidine groups is 1. The third kappa shape index (κ3) is 4.14. The second-order valence-corrected chi connectivity index (χ2v) is 4.37. The quantitative estimate of drug-likeness (QED) is 0.390. The first-order valence-electron chi connectivity index (χ1n) is 5.33. The van der Waals surface area contributed by atoms with Crippen molar-refractivity contribution in [3.05, 3.63) is 17.7 Å². The first kappa shape index (κ1) is 12.9. The Kier molecular flexibility index (Phi) is 5.77. The summed E-state index contributed by atoms with van der Waals surface area (Å²) in [7, 11) is 1.67. The SMILES string of the molecule is CCc1nc[nH]c1CSCCNC(N)=NC. The van der Waals surface area contributed by atoms with Crippen molar-refractivity contribution in [3.8, 4) is 0 Å². The van der Waals surface area contributed by atoms with Crippen molar-refractivity contribution in [1.29, 1.82) is 0 Å². The predicted molar refractivity (Wildman–Crippen MR) is 69.7 cm³/mol. The number of H-pyrrole nitrogens is 1. The summed E-state index contributed by atoms with van der Waals surface area (Å²) in [6.45, 7) is 2.95. The van der Waals surface area contributed by atoms with Crippen LogP contribution in [0.5, 0.6) is 0 Å². The molecule has 0 fully saturated rings. The second-order valence-electron chi connectivity index (χ2n) is 3.27. The highest BCUT2D eigenvalue weighted by atomic mass is 32.2. The van der Waals surface area contributed by atoms with Gasteiger partial charge in [-0.3, -0.25) is 4.99 Å². The highest BCUT2D eigenvalue weighted by molar-refractivity contribution is 7.98. The Balaban J connectivity index is 2.16. The van der Waals surface area contributed by atoms with Gasteiger partial charge in [0.1, 0.15) is 0 Å². The van der Waals surface area contributed by atoms with Crippen LogP contribution in [0.2, 0.25) is 0 Å². The number of thioether (sulfide) groups is 1. The number of rotatable bonds is 6. The Bertz CT molecular complexity index is 334. The van der Waals surface area contributed by atoms with Crippen LogP contribution < -0.4 is 11.1 Å². The molecule has 5 nitrogen and oxygen atoms in total. The summed E-state index contributed by atoms with van der Waals surface area (Å²) in [6, 6.07) is 0. The number of nitrogens with two attached hydrogens (primary N) is 1. The van der Waals surface area contributed by atoms with Gasteiger partial charge >= 0.3 is 0 Å². The van der Waals surface area contributed by atoms with Gasteiger partial charge < -0.3 is 16.0 Å². The molecule has 0 amide bonds. The molecule has 1 heterocycles. The molecule has 0 spiro atoms. The molecular weight excluding hydrogens is 222 g/mol. The molecule has 0 saturated carbocycles. The minimum Gasteiger partial charge on any atom is -0.370 e. The van der Waals surface area contributed by atoms with E-state index in [2.05, 4.69) is 27.2 Å². The Morgan fingerprint density at radius 3 is 3.19 bits per heavy atom. The predicted octanol–water partition coefficient (Wildman–Crippen LogP) is 0.739. The second kappa shape index (κ2) is 7.16. The maximum atomic E-state index is 5.51. The minimum absolute atomic E-state index is 0.497. The lowest BCUT2D eigenvalue weighted by molar-refractivity contribution is 0.957. The summed E-state index contributed by atoms with van der Waals surface area (Å²) in [5.74, 6) is 2.46. The van der Waals surface area contributed by atoms with Gasteiger partial charge in [-0.25, -0.2) is 4.98 Å². The lowest BCUT2D eigenvalue weighted by Gasteiger charge is -2.04. The van der Waals surface area contributed by atoms with Crippen LogP contribution in [0.15, 0.2) is 11.3 Å². The third-order valence-corrected chi connectivity index (χ3v) is 3.17. The highest BCUT2D eigenvalue weighted by Crippen LogP contribution is 2.12. The molecule has 0 aliphatic heterocycles. The first-order valence-corrected chi connectivity index (χ1v) is 6.48. The van der Waals surface area contributed by atoms with Gasteiger partial charge in [-0.1, -0.05) is 6.92 Å². The number of hydrogen-bond acceptors (Lipinski definition) is 3.